The van der Waals surface area contributed by atoms with Crippen LogP contribution in [0.2, 0.25) is 0 Å². The van der Waals surface area contributed by atoms with Gasteiger partial charge in [0.05, 0.1) is 0 Å². The van der Waals surface area contributed by atoms with Gasteiger partial charge in [-0.2, -0.15) is 5.10 Å². The summed E-state index contributed by atoms with van der Waals surface area (Å²) in [5, 5.41) is 4.06. The fraction of sp³-hybridized carbons (Fsp3) is 0.385. The topological polar surface area (TPSA) is 66.0 Å². The molecule has 1 heterocycles. The van der Waals surface area contributed by atoms with Gasteiger partial charge in [-0.15, -0.1) is 0 Å². The molecule has 0 radical (unpaired) electrons. The summed E-state index contributed by atoms with van der Waals surface area (Å²) < 4.78 is 20.6. The molecule has 1 unspecified atom stereocenters. The van der Waals surface area contributed by atoms with E-state index in [0.717, 1.165) is 12.4 Å². The molecule has 0 spiro atoms. The van der Waals surface area contributed by atoms with Crippen LogP contribution >= 0.6 is 0 Å². The highest BCUT2D eigenvalue weighted by Crippen LogP contribution is 2.25. The van der Waals surface area contributed by atoms with E-state index in [1.807, 2.05) is 6.92 Å². The van der Waals surface area contributed by atoms with Gasteiger partial charge in [0.15, 0.2) is 5.82 Å². The predicted molar refractivity (Wildman–Crippen MR) is 69.0 cm³/mol. The normalized spacial score (nSPS) is 12.4. The summed E-state index contributed by atoms with van der Waals surface area (Å²) in [5.41, 5.74) is 6.45. The number of aromatic nitrogens is 3. The second-order valence-corrected chi connectivity index (χ2v) is 4.25. The quantitative estimate of drug-likeness (QED) is 0.897. The second kappa shape index (κ2) is 5.79. The number of nitrogens with zero attached hydrogens (tertiary/aromatic N) is 3. The minimum absolute atomic E-state index is 0.277. The van der Waals surface area contributed by atoms with Gasteiger partial charge in [-0.1, -0.05) is 0 Å². The molecule has 0 aliphatic heterocycles. The van der Waals surface area contributed by atoms with Crippen molar-refractivity contribution in [3.63, 3.8) is 0 Å². The molecule has 1 atom stereocenters. The number of aryl methyl sites for hydroxylation is 1. The fourth-order valence-corrected chi connectivity index (χ4v) is 1.81. The molecule has 0 saturated carbocycles. The Labute approximate surface area is 111 Å². The first kappa shape index (κ1) is 13.5. The van der Waals surface area contributed by atoms with E-state index in [1.54, 1.807) is 17.7 Å². The Morgan fingerprint density at radius 1 is 1.47 bits per heavy atom. The standard InChI is InChI=1S/C13H17FN4O/c1-3-18-13(16-8-17-18)7-19-12-5-4-10(14)6-11(12)9(2)15/h4-6,8-9H,3,7,15H2,1-2H3. The molecule has 2 N–H and O–H groups in total. The van der Waals surface area contributed by atoms with Crippen LogP contribution in [0, 0.1) is 5.82 Å². The summed E-state index contributed by atoms with van der Waals surface area (Å²) in [7, 11) is 0. The van der Waals surface area contributed by atoms with Crippen molar-refractivity contribution >= 4 is 0 Å². The number of hydrogen-bond acceptors (Lipinski definition) is 4. The van der Waals surface area contributed by atoms with Crippen molar-refractivity contribution in [2.75, 3.05) is 0 Å². The number of rotatable bonds is 5. The maximum atomic E-state index is 13.2. The minimum Gasteiger partial charge on any atom is -0.485 e. The smallest absolute Gasteiger partial charge is 0.164 e. The van der Waals surface area contributed by atoms with Crippen LogP contribution in [-0.2, 0) is 13.2 Å². The van der Waals surface area contributed by atoms with E-state index < -0.39 is 0 Å². The SMILES string of the molecule is CCn1ncnc1COc1ccc(F)cc1C(C)N. The van der Waals surface area contributed by atoms with Crippen LogP contribution in [-0.4, -0.2) is 14.8 Å². The first-order valence-electron chi connectivity index (χ1n) is 6.16. The monoisotopic (exact) mass is 264 g/mol. The van der Waals surface area contributed by atoms with Gasteiger partial charge in [0, 0.05) is 18.2 Å². The highest BCUT2D eigenvalue weighted by atomic mass is 19.1. The highest BCUT2D eigenvalue weighted by Gasteiger charge is 2.11. The van der Waals surface area contributed by atoms with Crippen LogP contribution in [0.1, 0.15) is 31.3 Å². The first-order valence-corrected chi connectivity index (χ1v) is 6.16. The molecule has 5 nitrogen and oxygen atoms in total. The summed E-state index contributed by atoms with van der Waals surface area (Å²) in [6.45, 7) is 4.76. The molecule has 1 aromatic heterocycles. The van der Waals surface area contributed by atoms with Crippen molar-refractivity contribution in [2.24, 2.45) is 5.73 Å². The molecule has 0 aliphatic rings. The molecular weight excluding hydrogens is 247 g/mol. The summed E-state index contributed by atoms with van der Waals surface area (Å²) in [5.74, 6) is 0.973. The Balaban J connectivity index is 2.15. The molecule has 6 heteroatoms. The van der Waals surface area contributed by atoms with E-state index in [1.165, 1.54) is 18.5 Å². The van der Waals surface area contributed by atoms with Crippen molar-refractivity contribution in [2.45, 2.75) is 33.0 Å². The van der Waals surface area contributed by atoms with Gasteiger partial charge in [0.25, 0.3) is 0 Å². The highest BCUT2D eigenvalue weighted by molar-refractivity contribution is 5.36. The summed E-state index contributed by atoms with van der Waals surface area (Å²) >= 11 is 0. The van der Waals surface area contributed by atoms with Crippen molar-refractivity contribution < 1.29 is 9.13 Å². The van der Waals surface area contributed by atoms with E-state index in [-0.39, 0.29) is 18.5 Å². The van der Waals surface area contributed by atoms with Gasteiger partial charge < -0.3 is 10.5 Å². The molecule has 0 fully saturated rings. The number of halogens is 1. The molecule has 1 aromatic carbocycles. The van der Waals surface area contributed by atoms with Gasteiger partial charge in [-0.3, -0.25) is 0 Å². The van der Waals surface area contributed by atoms with Gasteiger partial charge in [-0.25, -0.2) is 14.1 Å². The number of benzene rings is 1. The van der Waals surface area contributed by atoms with E-state index in [9.17, 15) is 4.39 Å². The Kier molecular flexibility index (Phi) is 4.11. The zero-order valence-electron chi connectivity index (χ0n) is 11.0. The third-order valence-electron chi connectivity index (χ3n) is 2.81. The first-order chi connectivity index (χ1) is 9.11. The molecule has 2 rings (SSSR count). The molecule has 19 heavy (non-hydrogen) atoms. The lowest BCUT2D eigenvalue weighted by Gasteiger charge is -2.14. The second-order valence-electron chi connectivity index (χ2n) is 4.25. The average molecular weight is 264 g/mol. The van der Waals surface area contributed by atoms with Crippen LogP contribution in [0.25, 0.3) is 0 Å². The van der Waals surface area contributed by atoms with Gasteiger partial charge in [-0.05, 0) is 32.0 Å². The fourth-order valence-electron chi connectivity index (χ4n) is 1.81. The molecule has 0 amide bonds. The molecule has 0 aliphatic carbocycles. The summed E-state index contributed by atoms with van der Waals surface area (Å²) in [6, 6.07) is 4.03. The van der Waals surface area contributed by atoms with E-state index in [0.29, 0.717) is 11.3 Å². The largest absolute Gasteiger partial charge is 0.485 e. The van der Waals surface area contributed by atoms with Gasteiger partial charge in [0.1, 0.15) is 24.5 Å². The molecule has 102 valence electrons. The van der Waals surface area contributed by atoms with Crippen molar-refractivity contribution in [1.82, 2.24) is 14.8 Å². The Hall–Kier alpha value is -1.95. The van der Waals surface area contributed by atoms with Crippen molar-refractivity contribution in [1.29, 1.82) is 0 Å². The molecule has 0 bridgehead atoms. The van der Waals surface area contributed by atoms with Crippen LogP contribution in [0.15, 0.2) is 24.5 Å². The third kappa shape index (κ3) is 3.08. The lowest BCUT2D eigenvalue weighted by atomic mass is 10.1. The average Bonchev–Trinajstić information content (AvgIpc) is 2.84. The third-order valence-corrected chi connectivity index (χ3v) is 2.81. The Morgan fingerprint density at radius 3 is 2.95 bits per heavy atom. The predicted octanol–water partition coefficient (Wildman–Crippen LogP) is 2.04. The maximum Gasteiger partial charge on any atom is 0.164 e. The number of hydrogen-bond donors (Lipinski definition) is 1. The maximum absolute atomic E-state index is 13.2. The molecular formula is C13H17FN4O. The van der Waals surface area contributed by atoms with Gasteiger partial charge in [0.2, 0.25) is 0 Å². The Bertz CT molecular complexity index is 553. The van der Waals surface area contributed by atoms with Crippen molar-refractivity contribution in [3.05, 3.63) is 41.7 Å². The van der Waals surface area contributed by atoms with Crippen LogP contribution in [0.5, 0.6) is 5.75 Å². The lowest BCUT2D eigenvalue weighted by Crippen LogP contribution is -2.11. The van der Waals surface area contributed by atoms with Crippen LogP contribution in [0.4, 0.5) is 4.39 Å². The molecule has 0 saturated heterocycles. The number of nitrogens with two attached hydrogens (primary N) is 1. The van der Waals surface area contributed by atoms with E-state index in [2.05, 4.69) is 10.1 Å². The van der Waals surface area contributed by atoms with Gasteiger partial charge >= 0.3 is 0 Å². The number of ether oxygens (including phenoxy) is 1. The van der Waals surface area contributed by atoms with E-state index in [4.69, 9.17) is 10.5 Å². The molecule has 2 aromatic rings. The summed E-state index contributed by atoms with van der Waals surface area (Å²) in [6.07, 6.45) is 1.49. The van der Waals surface area contributed by atoms with Crippen molar-refractivity contribution in [3.8, 4) is 5.75 Å². The lowest BCUT2D eigenvalue weighted by molar-refractivity contribution is 0.282. The summed E-state index contributed by atoms with van der Waals surface area (Å²) in [4.78, 5) is 4.12. The zero-order valence-corrected chi connectivity index (χ0v) is 11.0. The van der Waals surface area contributed by atoms with Crippen LogP contribution in [0.3, 0.4) is 0 Å². The minimum atomic E-state index is -0.323. The van der Waals surface area contributed by atoms with E-state index >= 15 is 0 Å². The zero-order chi connectivity index (χ0) is 13.8. The Morgan fingerprint density at radius 2 is 2.26 bits per heavy atom. The van der Waals surface area contributed by atoms with Crippen LogP contribution < -0.4 is 10.5 Å².